The summed E-state index contributed by atoms with van der Waals surface area (Å²) in [6.45, 7) is 7.58. The molecule has 1 fully saturated rings. The molecule has 1 saturated carbocycles. The third-order valence-corrected chi connectivity index (χ3v) is 3.37. The van der Waals surface area contributed by atoms with Crippen molar-refractivity contribution in [3.8, 4) is 0 Å². The molecule has 1 aliphatic carbocycles. The van der Waals surface area contributed by atoms with Crippen LogP contribution in [-0.4, -0.2) is 36.5 Å². The molecule has 3 heteroatoms. The Balaban J connectivity index is 2.01. The minimum atomic E-state index is -0.370. The van der Waals surface area contributed by atoms with Crippen molar-refractivity contribution in [3.63, 3.8) is 0 Å². The molecule has 0 saturated heterocycles. The summed E-state index contributed by atoms with van der Waals surface area (Å²) < 4.78 is 5.64. The van der Waals surface area contributed by atoms with E-state index in [-0.39, 0.29) is 12.2 Å². The Labute approximate surface area is 106 Å². The molecule has 0 amide bonds. The number of aliphatic hydroxyl groups excluding tert-OH is 1. The van der Waals surface area contributed by atoms with Crippen LogP contribution in [0.15, 0.2) is 0 Å². The highest BCUT2D eigenvalue weighted by molar-refractivity contribution is 4.75. The standard InChI is InChI=1S/C14H29NO2/c1-11(2)8-12(3)17-10-14(16)9-15-13-6-4-5-7-13/h11-16H,4-10H2,1-3H3. The van der Waals surface area contributed by atoms with Crippen LogP contribution in [0.3, 0.4) is 0 Å². The monoisotopic (exact) mass is 243 g/mol. The van der Waals surface area contributed by atoms with Gasteiger partial charge in [-0.25, -0.2) is 0 Å². The van der Waals surface area contributed by atoms with Crippen LogP contribution in [0.25, 0.3) is 0 Å². The smallest absolute Gasteiger partial charge is 0.0897 e. The highest BCUT2D eigenvalue weighted by Crippen LogP contribution is 2.17. The fraction of sp³-hybridized carbons (Fsp3) is 1.00. The fourth-order valence-electron chi connectivity index (χ4n) is 2.50. The minimum Gasteiger partial charge on any atom is -0.389 e. The molecule has 1 rings (SSSR count). The van der Waals surface area contributed by atoms with Crippen LogP contribution < -0.4 is 5.32 Å². The van der Waals surface area contributed by atoms with Gasteiger partial charge in [0, 0.05) is 12.6 Å². The lowest BCUT2D eigenvalue weighted by atomic mass is 10.1. The Morgan fingerprint density at radius 3 is 2.47 bits per heavy atom. The van der Waals surface area contributed by atoms with Gasteiger partial charge in [0.15, 0.2) is 0 Å². The van der Waals surface area contributed by atoms with Gasteiger partial charge in [0.2, 0.25) is 0 Å². The van der Waals surface area contributed by atoms with Crippen LogP contribution in [0.5, 0.6) is 0 Å². The third kappa shape index (κ3) is 7.02. The predicted octanol–water partition coefficient (Wildman–Crippen LogP) is 2.33. The van der Waals surface area contributed by atoms with E-state index in [0.717, 1.165) is 6.42 Å². The lowest BCUT2D eigenvalue weighted by Crippen LogP contribution is -2.36. The zero-order chi connectivity index (χ0) is 12.7. The Morgan fingerprint density at radius 1 is 1.24 bits per heavy atom. The molecule has 0 aromatic rings. The fourth-order valence-corrected chi connectivity index (χ4v) is 2.50. The van der Waals surface area contributed by atoms with Crippen molar-refractivity contribution in [2.75, 3.05) is 13.2 Å². The molecule has 17 heavy (non-hydrogen) atoms. The Bertz CT molecular complexity index is 191. The van der Waals surface area contributed by atoms with E-state index in [1.165, 1.54) is 25.7 Å². The van der Waals surface area contributed by atoms with Gasteiger partial charge in [-0.3, -0.25) is 0 Å². The Morgan fingerprint density at radius 2 is 1.88 bits per heavy atom. The van der Waals surface area contributed by atoms with Gasteiger partial charge in [0.05, 0.1) is 18.8 Å². The second kappa shape index (κ2) is 8.06. The van der Waals surface area contributed by atoms with E-state index >= 15 is 0 Å². The summed E-state index contributed by atoms with van der Waals surface area (Å²) >= 11 is 0. The Kier molecular flexibility index (Phi) is 7.09. The number of ether oxygens (including phenoxy) is 1. The third-order valence-electron chi connectivity index (χ3n) is 3.37. The lowest BCUT2D eigenvalue weighted by molar-refractivity contribution is -0.00920. The molecule has 102 valence electrons. The number of nitrogens with one attached hydrogen (secondary N) is 1. The normalized spacial score (nSPS) is 21.0. The van der Waals surface area contributed by atoms with Crippen molar-refractivity contribution in [2.45, 2.75) is 71.1 Å². The summed E-state index contributed by atoms with van der Waals surface area (Å²) in [6.07, 6.45) is 6.12. The number of aliphatic hydroxyl groups is 1. The number of hydrogen-bond donors (Lipinski definition) is 2. The molecule has 0 aromatic carbocycles. The highest BCUT2D eigenvalue weighted by atomic mass is 16.5. The molecular weight excluding hydrogens is 214 g/mol. The SMILES string of the molecule is CC(C)CC(C)OCC(O)CNC1CCCC1. The number of hydrogen-bond acceptors (Lipinski definition) is 3. The summed E-state index contributed by atoms with van der Waals surface area (Å²) in [5, 5.41) is 13.2. The number of rotatable bonds is 8. The maximum absolute atomic E-state index is 9.81. The summed E-state index contributed by atoms with van der Waals surface area (Å²) in [4.78, 5) is 0. The topological polar surface area (TPSA) is 41.5 Å². The zero-order valence-corrected chi connectivity index (χ0v) is 11.6. The molecule has 2 atom stereocenters. The molecule has 1 aliphatic rings. The summed E-state index contributed by atoms with van der Waals surface area (Å²) in [7, 11) is 0. The minimum absolute atomic E-state index is 0.246. The maximum atomic E-state index is 9.81. The van der Waals surface area contributed by atoms with Gasteiger partial charge in [-0.1, -0.05) is 26.7 Å². The van der Waals surface area contributed by atoms with Crippen LogP contribution >= 0.6 is 0 Å². The van der Waals surface area contributed by atoms with Crippen molar-refractivity contribution in [1.29, 1.82) is 0 Å². The van der Waals surface area contributed by atoms with Crippen molar-refractivity contribution in [2.24, 2.45) is 5.92 Å². The molecule has 3 nitrogen and oxygen atoms in total. The first-order chi connectivity index (χ1) is 8.08. The van der Waals surface area contributed by atoms with Crippen LogP contribution in [-0.2, 0) is 4.74 Å². The molecule has 0 radical (unpaired) electrons. The Hall–Kier alpha value is -0.120. The second-order valence-corrected chi connectivity index (χ2v) is 5.82. The quantitative estimate of drug-likeness (QED) is 0.687. The first-order valence-corrected chi connectivity index (χ1v) is 7.11. The molecular formula is C14H29NO2. The van der Waals surface area contributed by atoms with Gasteiger partial charge in [0.25, 0.3) is 0 Å². The van der Waals surface area contributed by atoms with Crippen molar-refractivity contribution in [1.82, 2.24) is 5.32 Å². The summed E-state index contributed by atoms with van der Waals surface area (Å²) in [5.74, 6) is 0.652. The van der Waals surface area contributed by atoms with Gasteiger partial charge >= 0.3 is 0 Å². The zero-order valence-electron chi connectivity index (χ0n) is 11.6. The molecule has 2 N–H and O–H groups in total. The average molecular weight is 243 g/mol. The van der Waals surface area contributed by atoms with Crippen molar-refractivity contribution in [3.05, 3.63) is 0 Å². The van der Waals surface area contributed by atoms with E-state index in [2.05, 4.69) is 26.1 Å². The van der Waals surface area contributed by atoms with E-state index in [4.69, 9.17) is 4.74 Å². The highest BCUT2D eigenvalue weighted by Gasteiger charge is 2.16. The average Bonchev–Trinajstić information content (AvgIpc) is 2.75. The molecule has 0 aliphatic heterocycles. The first-order valence-electron chi connectivity index (χ1n) is 7.11. The van der Waals surface area contributed by atoms with Gasteiger partial charge in [-0.15, -0.1) is 0 Å². The van der Waals surface area contributed by atoms with E-state index in [1.807, 2.05) is 0 Å². The lowest BCUT2D eigenvalue weighted by Gasteiger charge is -2.19. The molecule has 2 unspecified atom stereocenters. The van der Waals surface area contributed by atoms with E-state index in [0.29, 0.717) is 25.1 Å². The van der Waals surface area contributed by atoms with E-state index in [9.17, 15) is 5.11 Å². The van der Waals surface area contributed by atoms with E-state index in [1.54, 1.807) is 0 Å². The first kappa shape index (κ1) is 14.9. The van der Waals surface area contributed by atoms with Crippen molar-refractivity contribution >= 4 is 0 Å². The van der Waals surface area contributed by atoms with Crippen LogP contribution in [0.4, 0.5) is 0 Å². The molecule has 0 heterocycles. The van der Waals surface area contributed by atoms with Gasteiger partial charge in [0.1, 0.15) is 0 Å². The maximum Gasteiger partial charge on any atom is 0.0897 e. The van der Waals surface area contributed by atoms with Crippen molar-refractivity contribution < 1.29 is 9.84 Å². The van der Waals surface area contributed by atoms with Gasteiger partial charge in [-0.2, -0.15) is 0 Å². The summed E-state index contributed by atoms with van der Waals surface area (Å²) in [5.41, 5.74) is 0. The van der Waals surface area contributed by atoms with Gasteiger partial charge in [-0.05, 0) is 32.1 Å². The predicted molar refractivity (Wildman–Crippen MR) is 71.1 cm³/mol. The summed E-state index contributed by atoms with van der Waals surface area (Å²) in [6, 6.07) is 0.623. The second-order valence-electron chi connectivity index (χ2n) is 5.82. The molecule has 0 spiro atoms. The van der Waals surface area contributed by atoms with Crippen LogP contribution in [0.1, 0.15) is 52.9 Å². The van der Waals surface area contributed by atoms with Gasteiger partial charge < -0.3 is 15.2 Å². The van der Waals surface area contributed by atoms with Crippen LogP contribution in [0.2, 0.25) is 0 Å². The van der Waals surface area contributed by atoms with E-state index < -0.39 is 0 Å². The largest absolute Gasteiger partial charge is 0.389 e. The molecule has 0 bridgehead atoms. The molecule has 0 aromatic heterocycles. The van der Waals surface area contributed by atoms with Crippen LogP contribution in [0, 0.1) is 5.92 Å².